The standard InChI is InChI=1S/C14H20N4/c1-3-9-18-13(6-8-17-18)14(15)12-5-7-16-10-11(12)4-2/h5-8,10,14H,3-4,9,15H2,1-2H3. The Labute approximate surface area is 108 Å². The number of pyridine rings is 1. The third-order valence-corrected chi connectivity index (χ3v) is 3.16. The molecule has 18 heavy (non-hydrogen) atoms. The summed E-state index contributed by atoms with van der Waals surface area (Å²) in [4.78, 5) is 4.16. The molecular weight excluding hydrogens is 224 g/mol. The molecule has 4 heteroatoms. The lowest BCUT2D eigenvalue weighted by atomic mass is 9.99. The molecular formula is C14H20N4. The Bertz CT molecular complexity index is 504. The molecule has 2 heterocycles. The van der Waals surface area contributed by atoms with E-state index in [1.54, 1.807) is 6.20 Å². The number of nitrogens with zero attached hydrogens (tertiary/aromatic N) is 3. The van der Waals surface area contributed by atoms with Crippen LogP contribution < -0.4 is 5.73 Å². The van der Waals surface area contributed by atoms with Crippen LogP contribution in [0.4, 0.5) is 0 Å². The van der Waals surface area contributed by atoms with Crippen molar-refractivity contribution in [1.82, 2.24) is 14.8 Å². The maximum atomic E-state index is 6.38. The first-order valence-corrected chi connectivity index (χ1v) is 6.48. The molecule has 0 aliphatic heterocycles. The lowest BCUT2D eigenvalue weighted by Gasteiger charge is -2.17. The molecule has 0 radical (unpaired) electrons. The van der Waals surface area contributed by atoms with Crippen molar-refractivity contribution < 1.29 is 0 Å². The van der Waals surface area contributed by atoms with Gasteiger partial charge in [-0.1, -0.05) is 13.8 Å². The fourth-order valence-electron chi connectivity index (χ4n) is 2.20. The van der Waals surface area contributed by atoms with Gasteiger partial charge in [0, 0.05) is 25.1 Å². The first-order chi connectivity index (χ1) is 8.77. The van der Waals surface area contributed by atoms with Gasteiger partial charge in [0.2, 0.25) is 0 Å². The number of rotatable bonds is 5. The molecule has 2 rings (SSSR count). The average Bonchev–Trinajstić information content (AvgIpc) is 2.86. The van der Waals surface area contributed by atoms with Crippen LogP contribution in [0.15, 0.2) is 30.7 Å². The van der Waals surface area contributed by atoms with Gasteiger partial charge < -0.3 is 5.73 Å². The van der Waals surface area contributed by atoms with Crippen LogP contribution in [-0.2, 0) is 13.0 Å². The predicted molar refractivity (Wildman–Crippen MR) is 72.2 cm³/mol. The third kappa shape index (κ3) is 2.43. The molecule has 0 fully saturated rings. The molecule has 96 valence electrons. The van der Waals surface area contributed by atoms with Crippen LogP contribution in [0.5, 0.6) is 0 Å². The third-order valence-electron chi connectivity index (χ3n) is 3.16. The highest BCUT2D eigenvalue weighted by molar-refractivity contribution is 5.32. The lowest BCUT2D eigenvalue weighted by Crippen LogP contribution is -2.19. The van der Waals surface area contributed by atoms with Crippen molar-refractivity contribution in [2.24, 2.45) is 5.73 Å². The normalized spacial score (nSPS) is 12.6. The molecule has 0 aromatic carbocycles. The average molecular weight is 244 g/mol. The van der Waals surface area contributed by atoms with E-state index < -0.39 is 0 Å². The molecule has 2 N–H and O–H groups in total. The van der Waals surface area contributed by atoms with Crippen molar-refractivity contribution >= 4 is 0 Å². The van der Waals surface area contributed by atoms with Crippen molar-refractivity contribution in [3.05, 3.63) is 47.5 Å². The van der Waals surface area contributed by atoms with Gasteiger partial charge in [-0.15, -0.1) is 0 Å². The minimum Gasteiger partial charge on any atom is -0.319 e. The van der Waals surface area contributed by atoms with Gasteiger partial charge >= 0.3 is 0 Å². The maximum absolute atomic E-state index is 6.38. The van der Waals surface area contributed by atoms with Gasteiger partial charge in [-0.25, -0.2) is 0 Å². The van der Waals surface area contributed by atoms with Crippen LogP contribution >= 0.6 is 0 Å². The Balaban J connectivity index is 2.35. The summed E-state index contributed by atoms with van der Waals surface area (Å²) in [5.74, 6) is 0. The van der Waals surface area contributed by atoms with Crippen molar-refractivity contribution in [3.63, 3.8) is 0 Å². The number of aryl methyl sites for hydroxylation is 2. The number of hydrogen-bond donors (Lipinski definition) is 1. The zero-order chi connectivity index (χ0) is 13.0. The first kappa shape index (κ1) is 12.8. The van der Waals surface area contributed by atoms with Crippen LogP contribution in [0.2, 0.25) is 0 Å². The zero-order valence-electron chi connectivity index (χ0n) is 11.0. The van der Waals surface area contributed by atoms with Gasteiger partial charge in [-0.05, 0) is 36.1 Å². The van der Waals surface area contributed by atoms with E-state index in [-0.39, 0.29) is 6.04 Å². The number of hydrogen-bond acceptors (Lipinski definition) is 3. The summed E-state index contributed by atoms with van der Waals surface area (Å²) in [7, 11) is 0. The minimum absolute atomic E-state index is 0.128. The predicted octanol–water partition coefficient (Wildman–Crippen LogP) is 2.30. The topological polar surface area (TPSA) is 56.7 Å². The number of aromatic nitrogens is 3. The van der Waals surface area contributed by atoms with Crippen molar-refractivity contribution in [3.8, 4) is 0 Å². The molecule has 1 atom stereocenters. The van der Waals surface area contributed by atoms with E-state index >= 15 is 0 Å². The molecule has 0 saturated carbocycles. The summed E-state index contributed by atoms with van der Waals surface area (Å²) in [6.45, 7) is 5.17. The van der Waals surface area contributed by atoms with Gasteiger partial charge in [0.15, 0.2) is 0 Å². The van der Waals surface area contributed by atoms with Crippen molar-refractivity contribution in [2.75, 3.05) is 0 Å². The fraction of sp³-hybridized carbons (Fsp3) is 0.429. The molecule has 2 aromatic heterocycles. The zero-order valence-corrected chi connectivity index (χ0v) is 11.0. The molecule has 0 spiro atoms. The molecule has 0 saturated heterocycles. The van der Waals surface area contributed by atoms with E-state index in [2.05, 4.69) is 23.9 Å². The van der Waals surface area contributed by atoms with Gasteiger partial charge in [-0.3, -0.25) is 9.67 Å². The summed E-state index contributed by atoms with van der Waals surface area (Å²) in [5.41, 5.74) is 9.79. The Kier molecular flexibility index (Phi) is 4.10. The van der Waals surface area contributed by atoms with E-state index in [0.29, 0.717) is 0 Å². The van der Waals surface area contributed by atoms with E-state index in [1.807, 2.05) is 29.2 Å². The van der Waals surface area contributed by atoms with Crippen LogP contribution in [0.3, 0.4) is 0 Å². The van der Waals surface area contributed by atoms with Crippen molar-refractivity contribution in [1.29, 1.82) is 0 Å². The van der Waals surface area contributed by atoms with Gasteiger partial charge in [0.25, 0.3) is 0 Å². The summed E-state index contributed by atoms with van der Waals surface area (Å²) in [5, 5.41) is 4.33. The van der Waals surface area contributed by atoms with E-state index in [0.717, 1.165) is 30.6 Å². The highest BCUT2D eigenvalue weighted by atomic mass is 15.3. The SMILES string of the molecule is CCCn1nccc1C(N)c1ccncc1CC. The first-order valence-electron chi connectivity index (χ1n) is 6.48. The van der Waals surface area contributed by atoms with Crippen LogP contribution in [0, 0.1) is 0 Å². The highest BCUT2D eigenvalue weighted by Gasteiger charge is 2.16. The number of nitrogens with two attached hydrogens (primary N) is 1. The summed E-state index contributed by atoms with van der Waals surface area (Å²) < 4.78 is 1.99. The molecule has 0 aliphatic carbocycles. The molecule has 4 nitrogen and oxygen atoms in total. The molecule has 2 aromatic rings. The fourth-order valence-corrected chi connectivity index (χ4v) is 2.20. The quantitative estimate of drug-likeness (QED) is 0.878. The summed E-state index contributed by atoms with van der Waals surface area (Å²) in [6.07, 6.45) is 7.51. The monoisotopic (exact) mass is 244 g/mol. The summed E-state index contributed by atoms with van der Waals surface area (Å²) in [6, 6.07) is 3.88. The van der Waals surface area contributed by atoms with E-state index in [4.69, 9.17) is 5.73 Å². The molecule has 1 unspecified atom stereocenters. The van der Waals surface area contributed by atoms with Gasteiger partial charge in [0.05, 0.1) is 11.7 Å². The second-order valence-corrected chi connectivity index (χ2v) is 4.38. The second-order valence-electron chi connectivity index (χ2n) is 4.38. The highest BCUT2D eigenvalue weighted by Crippen LogP contribution is 2.22. The van der Waals surface area contributed by atoms with Crippen LogP contribution in [0.25, 0.3) is 0 Å². The Morgan fingerprint density at radius 2 is 2.11 bits per heavy atom. The Hall–Kier alpha value is -1.68. The van der Waals surface area contributed by atoms with Crippen LogP contribution in [0.1, 0.15) is 43.1 Å². The van der Waals surface area contributed by atoms with E-state index in [9.17, 15) is 0 Å². The van der Waals surface area contributed by atoms with Crippen molar-refractivity contribution in [2.45, 2.75) is 39.3 Å². The van der Waals surface area contributed by atoms with Crippen LogP contribution in [-0.4, -0.2) is 14.8 Å². The second kappa shape index (κ2) is 5.78. The maximum Gasteiger partial charge on any atom is 0.0727 e. The lowest BCUT2D eigenvalue weighted by molar-refractivity contribution is 0.558. The molecule has 0 amide bonds. The minimum atomic E-state index is -0.128. The van der Waals surface area contributed by atoms with Gasteiger partial charge in [-0.2, -0.15) is 5.10 Å². The Morgan fingerprint density at radius 1 is 1.28 bits per heavy atom. The van der Waals surface area contributed by atoms with E-state index in [1.165, 1.54) is 5.56 Å². The molecule has 0 aliphatic rings. The smallest absolute Gasteiger partial charge is 0.0727 e. The Morgan fingerprint density at radius 3 is 2.83 bits per heavy atom. The summed E-state index contributed by atoms with van der Waals surface area (Å²) >= 11 is 0. The largest absolute Gasteiger partial charge is 0.319 e. The molecule has 0 bridgehead atoms. The van der Waals surface area contributed by atoms with Gasteiger partial charge in [0.1, 0.15) is 0 Å².